The molecular weight excluding hydrogens is 264 g/mol. The first-order chi connectivity index (χ1) is 9.97. The van der Waals surface area contributed by atoms with Gasteiger partial charge in [-0.15, -0.1) is 0 Å². The number of carboxylic acids is 1. The first-order valence-electron chi connectivity index (χ1n) is 7.07. The summed E-state index contributed by atoms with van der Waals surface area (Å²) in [5, 5.41) is 9.53. The Kier molecular flexibility index (Phi) is 4.68. The highest BCUT2D eigenvalue weighted by molar-refractivity contribution is 5.75. The summed E-state index contributed by atoms with van der Waals surface area (Å²) >= 11 is 0. The molecule has 0 saturated heterocycles. The average Bonchev–Trinajstić information content (AvgIpc) is 2.44. The zero-order valence-corrected chi connectivity index (χ0v) is 12.6. The predicted molar refractivity (Wildman–Crippen MR) is 81.4 cm³/mol. The fourth-order valence-corrected chi connectivity index (χ4v) is 2.29. The van der Waals surface area contributed by atoms with Crippen LogP contribution < -0.4 is 0 Å². The molecule has 1 atom stereocenters. The van der Waals surface area contributed by atoms with Crippen LogP contribution >= 0.6 is 0 Å². The summed E-state index contributed by atoms with van der Waals surface area (Å²) in [6.07, 6.45) is 1.89. The zero-order valence-electron chi connectivity index (χ0n) is 12.6. The quantitative estimate of drug-likeness (QED) is 0.914. The third-order valence-corrected chi connectivity index (χ3v) is 3.48. The van der Waals surface area contributed by atoms with Crippen LogP contribution in [0.25, 0.3) is 0 Å². The number of carbonyl (C=O) groups is 1. The van der Waals surface area contributed by atoms with Crippen LogP contribution in [-0.4, -0.2) is 21.0 Å². The highest BCUT2D eigenvalue weighted by Gasteiger charge is 2.22. The summed E-state index contributed by atoms with van der Waals surface area (Å²) in [6.45, 7) is 6.06. The molecule has 2 rings (SSSR count). The molecule has 1 N–H and O–H groups in total. The summed E-state index contributed by atoms with van der Waals surface area (Å²) in [5.41, 5.74) is 3.58. The molecule has 21 heavy (non-hydrogen) atoms. The summed E-state index contributed by atoms with van der Waals surface area (Å²) in [7, 11) is 0. The van der Waals surface area contributed by atoms with Gasteiger partial charge in [0, 0.05) is 5.69 Å². The third kappa shape index (κ3) is 3.88. The number of benzene rings is 1. The molecule has 1 heterocycles. The summed E-state index contributed by atoms with van der Waals surface area (Å²) in [6, 6.07) is 9.72. The molecule has 0 aliphatic heterocycles. The molecule has 0 amide bonds. The number of aliphatic carboxylic acids is 1. The molecule has 0 aliphatic rings. The predicted octanol–water partition coefficient (Wildman–Crippen LogP) is 3.32. The van der Waals surface area contributed by atoms with Crippen LogP contribution in [0.4, 0.5) is 0 Å². The van der Waals surface area contributed by atoms with Crippen molar-refractivity contribution in [3.05, 3.63) is 59.2 Å². The van der Waals surface area contributed by atoms with Crippen molar-refractivity contribution in [3.8, 4) is 0 Å². The first kappa shape index (κ1) is 15.2. The van der Waals surface area contributed by atoms with Crippen LogP contribution in [-0.2, 0) is 11.2 Å². The zero-order chi connectivity index (χ0) is 15.4. The molecule has 4 heteroatoms. The van der Waals surface area contributed by atoms with Crippen molar-refractivity contribution in [1.29, 1.82) is 0 Å². The minimum Gasteiger partial charge on any atom is -0.481 e. The van der Waals surface area contributed by atoms with Crippen molar-refractivity contribution >= 4 is 5.97 Å². The highest BCUT2D eigenvalue weighted by atomic mass is 16.4. The summed E-state index contributed by atoms with van der Waals surface area (Å²) < 4.78 is 0. The fourth-order valence-electron chi connectivity index (χ4n) is 2.29. The second kappa shape index (κ2) is 6.48. The van der Waals surface area contributed by atoms with Gasteiger partial charge in [0.15, 0.2) is 0 Å². The Bertz CT molecular complexity index is 638. The van der Waals surface area contributed by atoms with Gasteiger partial charge in [-0.25, -0.2) is 9.97 Å². The standard InChI is InChI=1S/C17H20N2O2/c1-11(2)15-9-16(19-10-18-15)14(17(20)21)8-13-6-4-5-12(3)7-13/h4-7,9-11,14H,8H2,1-3H3,(H,20,21). The van der Waals surface area contributed by atoms with Crippen LogP contribution in [0.2, 0.25) is 0 Å². The Morgan fingerprint density at radius 3 is 2.52 bits per heavy atom. The van der Waals surface area contributed by atoms with Gasteiger partial charge >= 0.3 is 5.97 Å². The largest absolute Gasteiger partial charge is 0.481 e. The Morgan fingerprint density at radius 1 is 1.19 bits per heavy atom. The van der Waals surface area contributed by atoms with Gasteiger partial charge in [0.1, 0.15) is 12.2 Å². The highest BCUT2D eigenvalue weighted by Crippen LogP contribution is 2.22. The van der Waals surface area contributed by atoms with Gasteiger partial charge in [0.25, 0.3) is 0 Å². The maximum absolute atomic E-state index is 11.6. The van der Waals surface area contributed by atoms with E-state index >= 15 is 0 Å². The molecule has 0 radical (unpaired) electrons. The van der Waals surface area contributed by atoms with Crippen molar-refractivity contribution in [2.45, 2.75) is 39.0 Å². The van der Waals surface area contributed by atoms with E-state index in [0.29, 0.717) is 12.1 Å². The number of aryl methyl sites for hydroxylation is 1. The number of rotatable bonds is 5. The molecule has 0 spiro atoms. The number of aromatic nitrogens is 2. The SMILES string of the molecule is Cc1cccc(CC(C(=O)O)c2cc(C(C)C)ncn2)c1. The molecule has 1 unspecified atom stereocenters. The van der Waals surface area contributed by atoms with Crippen LogP contribution in [0.15, 0.2) is 36.7 Å². The maximum Gasteiger partial charge on any atom is 0.312 e. The minimum absolute atomic E-state index is 0.250. The van der Waals surface area contributed by atoms with E-state index in [4.69, 9.17) is 0 Å². The smallest absolute Gasteiger partial charge is 0.312 e. The van der Waals surface area contributed by atoms with Gasteiger partial charge in [-0.3, -0.25) is 4.79 Å². The Labute approximate surface area is 124 Å². The van der Waals surface area contributed by atoms with E-state index in [1.807, 2.05) is 45.0 Å². The lowest BCUT2D eigenvalue weighted by atomic mass is 9.94. The van der Waals surface area contributed by atoms with Gasteiger partial charge in [-0.1, -0.05) is 43.7 Å². The lowest BCUT2D eigenvalue weighted by Crippen LogP contribution is -2.16. The molecule has 1 aromatic carbocycles. The van der Waals surface area contributed by atoms with Crippen LogP contribution in [0.1, 0.15) is 48.2 Å². The molecule has 0 bridgehead atoms. The van der Waals surface area contributed by atoms with E-state index in [1.165, 1.54) is 6.33 Å². The maximum atomic E-state index is 11.6. The van der Waals surface area contributed by atoms with E-state index < -0.39 is 11.9 Å². The van der Waals surface area contributed by atoms with E-state index in [9.17, 15) is 9.90 Å². The topological polar surface area (TPSA) is 63.1 Å². The van der Waals surface area contributed by atoms with Gasteiger partial charge in [0.05, 0.1) is 5.69 Å². The van der Waals surface area contributed by atoms with E-state index in [1.54, 1.807) is 6.07 Å². The lowest BCUT2D eigenvalue weighted by Gasteiger charge is -2.14. The third-order valence-electron chi connectivity index (χ3n) is 3.48. The Hall–Kier alpha value is -2.23. The Balaban J connectivity index is 2.31. The fraction of sp³-hybridized carbons (Fsp3) is 0.353. The normalized spacial score (nSPS) is 12.4. The summed E-state index contributed by atoms with van der Waals surface area (Å²) in [4.78, 5) is 20.0. The van der Waals surface area contributed by atoms with Crippen molar-refractivity contribution in [1.82, 2.24) is 9.97 Å². The molecular formula is C17H20N2O2. The number of hydrogen-bond donors (Lipinski definition) is 1. The Morgan fingerprint density at radius 2 is 1.90 bits per heavy atom. The first-order valence-corrected chi connectivity index (χ1v) is 7.07. The van der Waals surface area contributed by atoms with Gasteiger partial charge in [-0.2, -0.15) is 0 Å². The molecule has 0 saturated carbocycles. The van der Waals surface area contributed by atoms with Crippen LogP contribution in [0.3, 0.4) is 0 Å². The molecule has 0 aliphatic carbocycles. The molecule has 0 fully saturated rings. The van der Waals surface area contributed by atoms with E-state index in [-0.39, 0.29) is 5.92 Å². The van der Waals surface area contributed by atoms with Crippen molar-refractivity contribution in [3.63, 3.8) is 0 Å². The number of carboxylic acid groups (broad SMARTS) is 1. The van der Waals surface area contributed by atoms with Gasteiger partial charge in [-0.05, 0) is 30.9 Å². The van der Waals surface area contributed by atoms with Gasteiger partial charge in [0.2, 0.25) is 0 Å². The molecule has 2 aromatic rings. The van der Waals surface area contributed by atoms with Crippen molar-refractivity contribution < 1.29 is 9.90 Å². The van der Waals surface area contributed by atoms with Gasteiger partial charge < -0.3 is 5.11 Å². The molecule has 1 aromatic heterocycles. The summed E-state index contributed by atoms with van der Waals surface area (Å²) in [5.74, 6) is -1.25. The number of nitrogens with zero attached hydrogens (tertiary/aromatic N) is 2. The van der Waals surface area contributed by atoms with Crippen molar-refractivity contribution in [2.24, 2.45) is 0 Å². The average molecular weight is 284 g/mol. The lowest BCUT2D eigenvalue weighted by molar-refractivity contribution is -0.138. The van der Waals surface area contributed by atoms with E-state index in [0.717, 1.165) is 16.8 Å². The second-order valence-electron chi connectivity index (χ2n) is 5.61. The molecule has 4 nitrogen and oxygen atoms in total. The van der Waals surface area contributed by atoms with Crippen LogP contribution in [0, 0.1) is 6.92 Å². The van der Waals surface area contributed by atoms with Crippen molar-refractivity contribution in [2.75, 3.05) is 0 Å². The second-order valence-corrected chi connectivity index (χ2v) is 5.61. The minimum atomic E-state index is -0.857. The monoisotopic (exact) mass is 284 g/mol. The van der Waals surface area contributed by atoms with Crippen LogP contribution in [0.5, 0.6) is 0 Å². The van der Waals surface area contributed by atoms with E-state index in [2.05, 4.69) is 9.97 Å². The molecule has 110 valence electrons. The number of hydrogen-bond acceptors (Lipinski definition) is 3.